The van der Waals surface area contributed by atoms with Crippen molar-refractivity contribution >= 4 is 27.6 Å². The molecule has 3 rings (SSSR count). The third-order valence-electron chi connectivity index (χ3n) is 5.22. The molecular formula is C20H26ClN7O4S. The average molecular weight is 496 g/mol. The van der Waals surface area contributed by atoms with Gasteiger partial charge in [0, 0.05) is 56.9 Å². The topological polar surface area (TPSA) is 134 Å². The summed E-state index contributed by atoms with van der Waals surface area (Å²) in [4.78, 5) is 12.4. The van der Waals surface area contributed by atoms with Gasteiger partial charge in [-0.3, -0.25) is 14.3 Å². The van der Waals surface area contributed by atoms with Crippen LogP contribution in [-0.4, -0.2) is 64.2 Å². The Hall–Kier alpha value is -2.67. The van der Waals surface area contributed by atoms with E-state index >= 15 is 0 Å². The Morgan fingerprint density at radius 2 is 1.88 bits per heavy atom. The van der Waals surface area contributed by atoms with Crippen LogP contribution in [0.2, 0.25) is 5.02 Å². The highest BCUT2D eigenvalue weighted by Crippen LogP contribution is 2.29. The maximum atomic E-state index is 13.3. The summed E-state index contributed by atoms with van der Waals surface area (Å²) < 4.78 is 41.5. The lowest BCUT2D eigenvalue weighted by Crippen LogP contribution is -2.32. The number of anilines is 1. The molecule has 11 nitrogen and oxygen atoms in total. The van der Waals surface area contributed by atoms with Gasteiger partial charge in [-0.2, -0.15) is 0 Å². The number of nitrogens with one attached hydrogen (secondary N) is 1. The zero-order valence-corrected chi connectivity index (χ0v) is 20.3. The lowest BCUT2D eigenvalue weighted by Gasteiger charge is -2.23. The Kier molecular flexibility index (Phi) is 8.30. The molecule has 0 spiro atoms. The summed E-state index contributed by atoms with van der Waals surface area (Å²) in [7, 11) is -0.815. The molecule has 178 valence electrons. The number of methoxy groups -OCH3 is 2. The van der Waals surface area contributed by atoms with Crippen LogP contribution < -0.4 is 4.72 Å². The van der Waals surface area contributed by atoms with Gasteiger partial charge >= 0.3 is 0 Å². The van der Waals surface area contributed by atoms with E-state index in [-0.39, 0.29) is 5.95 Å². The summed E-state index contributed by atoms with van der Waals surface area (Å²) in [6.07, 6.45) is 5.97. The first kappa shape index (κ1) is 25.0. The fourth-order valence-electron chi connectivity index (χ4n) is 3.15. The molecule has 0 aliphatic heterocycles. The standard InChI is InChI=1S/C20H26ClN7O4S/c1-13(18-23-11-16(21)12-24-18)14(2)33(29,30)27-20-26-25-19(15-6-5-8-22-10-15)28(20)17(32-4)7-9-31-3/h5-6,8,10-14,17H,7,9H2,1-4H3,(H,26,27)/t13-,14-,17?/m0/s1. The molecule has 0 amide bonds. The van der Waals surface area contributed by atoms with E-state index in [9.17, 15) is 8.42 Å². The molecule has 0 aliphatic carbocycles. The van der Waals surface area contributed by atoms with Crippen LogP contribution in [0.3, 0.4) is 0 Å². The van der Waals surface area contributed by atoms with E-state index in [1.54, 1.807) is 50.1 Å². The fourth-order valence-corrected chi connectivity index (χ4v) is 4.49. The number of rotatable bonds is 11. The third-order valence-corrected chi connectivity index (χ3v) is 7.27. The molecular weight excluding hydrogens is 470 g/mol. The molecule has 0 saturated heterocycles. The minimum Gasteiger partial charge on any atom is -0.385 e. The van der Waals surface area contributed by atoms with Gasteiger partial charge in [-0.05, 0) is 19.1 Å². The van der Waals surface area contributed by atoms with Crippen molar-refractivity contribution in [1.29, 1.82) is 0 Å². The highest BCUT2D eigenvalue weighted by Gasteiger charge is 2.32. The van der Waals surface area contributed by atoms with E-state index in [0.29, 0.717) is 35.3 Å². The van der Waals surface area contributed by atoms with Crippen LogP contribution in [0.15, 0.2) is 36.9 Å². The SMILES string of the molecule is COCCC(OC)n1c(NS(=O)(=O)[C@@H](C)[C@H](C)c2ncc(Cl)cn2)nnc1-c1cccnc1. The Bertz CT molecular complexity index is 1140. The van der Waals surface area contributed by atoms with Gasteiger partial charge in [0.2, 0.25) is 16.0 Å². The summed E-state index contributed by atoms with van der Waals surface area (Å²) in [6, 6.07) is 3.56. The lowest BCUT2D eigenvalue weighted by atomic mass is 10.1. The van der Waals surface area contributed by atoms with E-state index < -0.39 is 27.4 Å². The Balaban J connectivity index is 1.96. The van der Waals surface area contributed by atoms with Crippen molar-refractivity contribution < 1.29 is 17.9 Å². The second-order valence-corrected chi connectivity index (χ2v) is 9.81. The number of nitrogens with zero attached hydrogens (tertiary/aromatic N) is 6. The molecule has 3 aromatic rings. The molecule has 33 heavy (non-hydrogen) atoms. The molecule has 1 N–H and O–H groups in total. The van der Waals surface area contributed by atoms with E-state index in [1.165, 1.54) is 19.5 Å². The summed E-state index contributed by atoms with van der Waals surface area (Å²) in [5.74, 6) is 0.281. The van der Waals surface area contributed by atoms with E-state index in [2.05, 4.69) is 29.9 Å². The van der Waals surface area contributed by atoms with Gasteiger partial charge in [-0.1, -0.05) is 18.5 Å². The highest BCUT2D eigenvalue weighted by molar-refractivity contribution is 7.93. The van der Waals surface area contributed by atoms with Gasteiger partial charge < -0.3 is 9.47 Å². The van der Waals surface area contributed by atoms with Crippen molar-refractivity contribution in [2.45, 2.75) is 37.7 Å². The predicted octanol–water partition coefficient (Wildman–Crippen LogP) is 2.90. The summed E-state index contributed by atoms with van der Waals surface area (Å²) in [6.45, 7) is 3.69. The molecule has 0 bridgehead atoms. The molecule has 0 aromatic carbocycles. The molecule has 0 aliphatic rings. The van der Waals surface area contributed by atoms with Gasteiger partial charge in [-0.25, -0.2) is 18.4 Å². The van der Waals surface area contributed by atoms with Crippen LogP contribution in [0.25, 0.3) is 11.4 Å². The van der Waals surface area contributed by atoms with E-state index in [4.69, 9.17) is 21.1 Å². The fraction of sp³-hybridized carbons (Fsp3) is 0.450. The first-order valence-corrected chi connectivity index (χ1v) is 12.1. The summed E-state index contributed by atoms with van der Waals surface area (Å²) in [5, 5.41) is 7.80. The van der Waals surface area contributed by atoms with Gasteiger partial charge in [0.15, 0.2) is 5.82 Å². The van der Waals surface area contributed by atoms with Crippen LogP contribution in [0.1, 0.15) is 38.2 Å². The number of aromatic nitrogens is 6. The molecule has 3 aromatic heterocycles. The van der Waals surface area contributed by atoms with Crippen LogP contribution in [-0.2, 0) is 19.5 Å². The number of hydrogen-bond donors (Lipinski definition) is 1. The molecule has 3 heterocycles. The summed E-state index contributed by atoms with van der Waals surface area (Å²) in [5.41, 5.74) is 0.658. The van der Waals surface area contributed by atoms with E-state index in [1.807, 2.05) is 0 Å². The molecule has 0 saturated carbocycles. The van der Waals surface area contributed by atoms with Crippen LogP contribution >= 0.6 is 11.6 Å². The van der Waals surface area contributed by atoms with Gasteiger partial charge in [0.05, 0.1) is 16.9 Å². The molecule has 0 radical (unpaired) electrons. The van der Waals surface area contributed by atoms with Gasteiger partial charge in [0.25, 0.3) is 0 Å². The second-order valence-electron chi connectivity index (χ2n) is 7.33. The number of hydrogen-bond acceptors (Lipinski definition) is 9. The highest BCUT2D eigenvalue weighted by atomic mass is 35.5. The van der Waals surface area contributed by atoms with Crippen molar-refractivity contribution in [3.63, 3.8) is 0 Å². The van der Waals surface area contributed by atoms with Crippen molar-refractivity contribution in [2.75, 3.05) is 25.5 Å². The normalized spacial score (nSPS) is 14.6. The maximum Gasteiger partial charge on any atom is 0.240 e. The minimum absolute atomic E-state index is 0.0212. The minimum atomic E-state index is -3.91. The quantitative estimate of drug-likeness (QED) is 0.426. The monoisotopic (exact) mass is 495 g/mol. The maximum absolute atomic E-state index is 13.3. The predicted molar refractivity (Wildman–Crippen MR) is 123 cm³/mol. The van der Waals surface area contributed by atoms with Gasteiger partial charge in [-0.15, -0.1) is 10.2 Å². The second kappa shape index (κ2) is 11.0. The van der Waals surface area contributed by atoms with Crippen molar-refractivity contribution in [3.05, 3.63) is 47.8 Å². The number of ether oxygens (including phenoxy) is 2. The molecule has 1 unspecified atom stereocenters. The van der Waals surface area contributed by atoms with Crippen molar-refractivity contribution in [3.8, 4) is 11.4 Å². The van der Waals surface area contributed by atoms with Crippen molar-refractivity contribution in [1.82, 2.24) is 29.7 Å². The van der Waals surface area contributed by atoms with Gasteiger partial charge in [0.1, 0.15) is 12.1 Å². The van der Waals surface area contributed by atoms with Crippen LogP contribution in [0, 0.1) is 0 Å². The number of sulfonamides is 1. The Morgan fingerprint density at radius 3 is 2.48 bits per heavy atom. The Labute approximate surface area is 197 Å². The van der Waals surface area contributed by atoms with Crippen molar-refractivity contribution in [2.24, 2.45) is 0 Å². The number of pyridine rings is 1. The largest absolute Gasteiger partial charge is 0.385 e. The zero-order chi connectivity index (χ0) is 24.0. The summed E-state index contributed by atoms with van der Waals surface area (Å²) >= 11 is 5.84. The lowest BCUT2D eigenvalue weighted by molar-refractivity contribution is 0.0189. The third kappa shape index (κ3) is 5.82. The first-order valence-electron chi connectivity index (χ1n) is 10.1. The molecule has 3 atom stereocenters. The van der Waals surface area contributed by atoms with Crippen LogP contribution in [0.5, 0.6) is 0 Å². The Morgan fingerprint density at radius 1 is 1.15 bits per heavy atom. The number of halogens is 1. The van der Waals surface area contributed by atoms with E-state index in [0.717, 1.165) is 0 Å². The zero-order valence-electron chi connectivity index (χ0n) is 18.7. The first-order chi connectivity index (χ1) is 15.8. The van der Waals surface area contributed by atoms with Crippen LogP contribution in [0.4, 0.5) is 5.95 Å². The average Bonchev–Trinajstić information content (AvgIpc) is 3.22. The molecule has 0 fully saturated rings. The smallest absolute Gasteiger partial charge is 0.240 e. The molecule has 13 heteroatoms.